The summed E-state index contributed by atoms with van der Waals surface area (Å²) >= 11 is 0. The first kappa shape index (κ1) is 12.5. The van der Waals surface area contributed by atoms with Gasteiger partial charge in [0.25, 0.3) is 0 Å². The second-order valence-electron chi connectivity index (χ2n) is 4.76. The molecule has 1 saturated heterocycles. The second-order valence-corrected chi connectivity index (χ2v) is 4.76. The van der Waals surface area contributed by atoms with Crippen LogP contribution >= 0.6 is 0 Å². The van der Waals surface area contributed by atoms with E-state index in [1.165, 1.54) is 0 Å². The van der Waals surface area contributed by atoms with Crippen molar-refractivity contribution < 1.29 is 19.4 Å². The molecule has 0 aromatic carbocycles. The van der Waals surface area contributed by atoms with Crippen molar-refractivity contribution in [3.63, 3.8) is 0 Å². The van der Waals surface area contributed by atoms with Crippen LogP contribution in [0.25, 0.3) is 0 Å². The number of ketones is 1. The van der Waals surface area contributed by atoms with Crippen molar-refractivity contribution >= 4 is 11.7 Å². The minimum Gasteiger partial charge on any atom is -0.394 e. The number of hydrogen-bond acceptors (Lipinski definition) is 4. The van der Waals surface area contributed by atoms with Crippen LogP contribution in [0.15, 0.2) is 0 Å². The third kappa shape index (κ3) is 2.84. The zero-order valence-electron chi connectivity index (χ0n) is 9.93. The molecule has 2 fully saturated rings. The molecule has 5 heteroatoms. The van der Waals surface area contributed by atoms with Crippen molar-refractivity contribution in [3.8, 4) is 0 Å². The van der Waals surface area contributed by atoms with Gasteiger partial charge in [0, 0.05) is 25.3 Å². The first-order chi connectivity index (χ1) is 8.22. The minimum absolute atomic E-state index is 0.0418. The SMILES string of the molecule is O=C1CCC(C(=O)N2CCOCC2CO)CC1. The summed E-state index contributed by atoms with van der Waals surface area (Å²) in [6.07, 6.45) is 2.36. The van der Waals surface area contributed by atoms with Gasteiger partial charge in [-0.15, -0.1) is 0 Å². The van der Waals surface area contributed by atoms with Crippen LogP contribution in [0, 0.1) is 5.92 Å². The predicted octanol–water partition coefficient (Wildman–Crippen LogP) is -0.0346. The highest BCUT2D eigenvalue weighted by molar-refractivity contribution is 5.84. The van der Waals surface area contributed by atoms with Crippen molar-refractivity contribution in [3.05, 3.63) is 0 Å². The molecule has 0 bridgehead atoms. The molecule has 1 amide bonds. The van der Waals surface area contributed by atoms with Gasteiger partial charge in [-0.1, -0.05) is 0 Å². The number of morpholine rings is 1. The number of aliphatic hydroxyl groups is 1. The molecule has 0 aromatic rings. The molecule has 96 valence electrons. The lowest BCUT2D eigenvalue weighted by molar-refractivity contribution is -0.147. The van der Waals surface area contributed by atoms with E-state index in [4.69, 9.17) is 4.74 Å². The maximum Gasteiger partial charge on any atom is 0.226 e. The van der Waals surface area contributed by atoms with Gasteiger partial charge in [0.1, 0.15) is 5.78 Å². The standard InChI is InChI=1S/C12H19NO4/c14-7-10-8-17-6-5-13(10)12(16)9-1-3-11(15)4-2-9/h9-10,14H,1-8H2. The Labute approximate surface area is 101 Å². The zero-order chi connectivity index (χ0) is 12.3. The molecule has 0 aromatic heterocycles. The average Bonchev–Trinajstić information content (AvgIpc) is 2.39. The third-order valence-electron chi connectivity index (χ3n) is 3.61. The van der Waals surface area contributed by atoms with Gasteiger partial charge in [-0.2, -0.15) is 0 Å². The Kier molecular flexibility index (Phi) is 4.12. The number of rotatable bonds is 2. The maximum atomic E-state index is 12.3. The number of hydrogen-bond donors (Lipinski definition) is 1. The van der Waals surface area contributed by atoms with Crippen LogP contribution in [-0.4, -0.2) is 54.1 Å². The van der Waals surface area contributed by atoms with E-state index in [1.54, 1.807) is 4.90 Å². The topological polar surface area (TPSA) is 66.8 Å². The number of carbonyl (C=O) groups is 2. The van der Waals surface area contributed by atoms with Crippen LogP contribution in [-0.2, 0) is 14.3 Å². The van der Waals surface area contributed by atoms with Gasteiger partial charge in [-0.25, -0.2) is 0 Å². The lowest BCUT2D eigenvalue weighted by atomic mass is 9.87. The second kappa shape index (κ2) is 5.60. The van der Waals surface area contributed by atoms with E-state index in [0.717, 1.165) is 0 Å². The molecule has 0 radical (unpaired) electrons. The monoisotopic (exact) mass is 241 g/mol. The number of aliphatic hydroxyl groups excluding tert-OH is 1. The van der Waals surface area contributed by atoms with E-state index < -0.39 is 0 Å². The van der Waals surface area contributed by atoms with E-state index in [0.29, 0.717) is 45.4 Å². The molecule has 5 nitrogen and oxygen atoms in total. The van der Waals surface area contributed by atoms with Crippen molar-refractivity contribution in [2.75, 3.05) is 26.4 Å². The number of Topliss-reactive ketones (excluding diaryl/α,β-unsaturated/α-hetero) is 1. The van der Waals surface area contributed by atoms with Crippen LogP contribution < -0.4 is 0 Å². The number of amides is 1. The molecular weight excluding hydrogens is 222 g/mol. The molecule has 1 heterocycles. The fourth-order valence-corrected chi connectivity index (χ4v) is 2.52. The highest BCUT2D eigenvalue weighted by Crippen LogP contribution is 2.25. The van der Waals surface area contributed by atoms with Gasteiger partial charge in [-0.3, -0.25) is 9.59 Å². The Balaban J connectivity index is 1.95. The van der Waals surface area contributed by atoms with Gasteiger partial charge in [0.2, 0.25) is 5.91 Å². The fraction of sp³-hybridized carbons (Fsp3) is 0.833. The van der Waals surface area contributed by atoms with E-state index >= 15 is 0 Å². The summed E-state index contributed by atoms with van der Waals surface area (Å²) in [4.78, 5) is 25.1. The molecule has 17 heavy (non-hydrogen) atoms. The van der Waals surface area contributed by atoms with E-state index in [9.17, 15) is 14.7 Å². The quantitative estimate of drug-likeness (QED) is 0.737. The van der Waals surface area contributed by atoms with Crippen molar-refractivity contribution in [1.29, 1.82) is 0 Å². The Morgan fingerprint density at radius 2 is 2.12 bits per heavy atom. The Morgan fingerprint density at radius 1 is 1.41 bits per heavy atom. The van der Waals surface area contributed by atoms with Gasteiger partial charge >= 0.3 is 0 Å². The number of nitrogens with zero attached hydrogens (tertiary/aromatic N) is 1. The smallest absolute Gasteiger partial charge is 0.226 e. The Bertz CT molecular complexity index is 295. The van der Waals surface area contributed by atoms with E-state index in [2.05, 4.69) is 0 Å². The zero-order valence-corrected chi connectivity index (χ0v) is 9.93. The molecule has 1 aliphatic carbocycles. The first-order valence-corrected chi connectivity index (χ1v) is 6.23. The summed E-state index contributed by atoms with van der Waals surface area (Å²) in [5, 5.41) is 9.22. The van der Waals surface area contributed by atoms with Gasteiger partial charge in [0.15, 0.2) is 0 Å². The summed E-state index contributed by atoms with van der Waals surface area (Å²) in [7, 11) is 0. The molecule has 1 aliphatic heterocycles. The van der Waals surface area contributed by atoms with E-state index in [1.807, 2.05) is 0 Å². The summed E-state index contributed by atoms with van der Waals surface area (Å²) in [5.41, 5.74) is 0. The fourth-order valence-electron chi connectivity index (χ4n) is 2.52. The summed E-state index contributed by atoms with van der Waals surface area (Å²) in [6, 6.07) is -0.214. The molecule has 1 atom stereocenters. The Hall–Kier alpha value is -0.940. The molecule has 1 N–H and O–H groups in total. The molecule has 2 rings (SSSR count). The summed E-state index contributed by atoms with van der Waals surface area (Å²) < 4.78 is 5.25. The van der Waals surface area contributed by atoms with Crippen LogP contribution in [0.4, 0.5) is 0 Å². The summed E-state index contributed by atoms with van der Waals surface area (Å²) in [5.74, 6) is 0.300. The van der Waals surface area contributed by atoms with Crippen LogP contribution in [0.2, 0.25) is 0 Å². The van der Waals surface area contributed by atoms with Crippen molar-refractivity contribution in [2.45, 2.75) is 31.7 Å². The third-order valence-corrected chi connectivity index (χ3v) is 3.61. The number of ether oxygens (including phenoxy) is 1. The molecule has 0 spiro atoms. The van der Waals surface area contributed by atoms with Crippen LogP contribution in [0.1, 0.15) is 25.7 Å². The molecular formula is C12H19NO4. The minimum atomic E-state index is -0.214. The van der Waals surface area contributed by atoms with Crippen molar-refractivity contribution in [1.82, 2.24) is 4.90 Å². The van der Waals surface area contributed by atoms with Gasteiger partial charge < -0.3 is 14.7 Å². The van der Waals surface area contributed by atoms with E-state index in [-0.39, 0.29) is 30.3 Å². The van der Waals surface area contributed by atoms with Crippen LogP contribution in [0.5, 0.6) is 0 Å². The van der Waals surface area contributed by atoms with Crippen LogP contribution in [0.3, 0.4) is 0 Å². The predicted molar refractivity (Wildman–Crippen MR) is 60.4 cm³/mol. The normalized spacial score (nSPS) is 27.2. The average molecular weight is 241 g/mol. The lowest BCUT2D eigenvalue weighted by Gasteiger charge is -2.37. The molecule has 1 saturated carbocycles. The van der Waals surface area contributed by atoms with Gasteiger partial charge in [0.05, 0.1) is 25.9 Å². The summed E-state index contributed by atoms with van der Waals surface area (Å²) in [6.45, 7) is 1.44. The highest BCUT2D eigenvalue weighted by atomic mass is 16.5. The Morgan fingerprint density at radius 3 is 2.76 bits per heavy atom. The number of carbonyl (C=O) groups excluding carboxylic acids is 2. The maximum absolute atomic E-state index is 12.3. The van der Waals surface area contributed by atoms with Crippen molar-refractivity contribution in [2.24, 2.45) is 5.92 Å². The highest BCUT2D eigenvalue weighted by Gasteiger charge is 2.33. The first-order valence-electron chi connectivity index (χ1n) is 6.23. The molecule has 1 unspecified atom stereocenters. The lowest BCUT2D eigenvalue weighted by Crippen LogP contribution is -2.52. The largest absolute Gasteiger partial charge is 0.394 e. The molecule has 2 aliphatic rings. The van der Waals surface area contributed by atoms with Gasteiger partial charge in [-0.05, 0) is 12.8 Å².